The maximum atomic E-state index is 11.6. The van der Waals surface area contributed by atoms with E-state index in [-0.39, 0.29) is 6.04 Å². The number of fused-ring (bicyclic) bond motifs is 1. The van der Waals surface area contributed by atoms with E-state index in [1.54, 1.807) is 0 Å². The van der Waals surface area contributed by atoms with Crippen LogP contribution in [0.1, 0.15) is 51.4 Å². The Labute approximate surface area is 103 Å². The van der Waals surface area contributed by atoms with Gasteiger partial charge in [0.15, 0.2) is 0 Å². The van der Waals surface area contributed by atoms with Crippen LogP contribution in [0.15, 0.2) is 0 Å². The summed E-state index contributed by atoms with van der Waals surface area (Å²) < 4.78 is 0. The molecule has 2 aliphatic carbocycles. The molecule has 1 heterocycles. The molecule has 0 amide bonds. The first-order valence-electron chi connectivity index (χ1n) is 7.26. The number of carboxylic acid groups (broad SMARTS) is 1. The van der Waals surface area contributed by atoms with Crippen LogP contribution in [0.5, 0.6) is 0 Å². The number of aliphatic carboxylic acids is 1. The molecule has 0 spiro atoms. The van der Waals surface area contributed by atoms with E-state index in [2.05, 4.69) is 4.90 Å². The van der Waals surface area contributed by atoms with Crippen molar-refractivity contribution < 1.29 is 9.90 Å². The number of rotatable bonds is 2. The first-order chi connectivity index (χ1) is 8.27. The first-order valence-corrected chi connectivity index (χ1v) is 7.26. The lowest BCUT2D eigenvalue weighted by Crippen LogP contribution is -2.46. The molecule has 17 heavy (non-hydrogen) atoms. The van der Waals surface area contributed by atoms with Crippen molar-refractivity contribution in [1.82, 2.24) is 4.90 Å². The molecule has 0 aromatic rings. The second-order valence-corrected chi connectivity index (χ2v) is 6.13. The quantitative estimate of drug-likeness (QED) is 0.802. The summed E-state index contributed by atoms with van der Waals surface area (Å²) in [6.45, 7) is 1.06. The SMILES string of the molecule is O=C(O)C1C2CCCC2CN1C1CCCCC1. The van der Waals surface area contributed by atoms with Crippen molar-refractivity contribution in [2.75, 3.05) is 6.54 Å². The van der Waals surface area contributed by atoms with Crippen LogP contribution in [0.3, 0.4) is 0 Å². The zero-order valence-corrected chi connectivity index (χ0v) is 10.5. The van der Waals surface area contributed by atoms with Gasteiger partial charge in [-0.05, 0) is 37.5 Å². The second kappa shape index (κ2) is 4.60. The minimum absolute atomic E-state index is 0.161. The molecule has 3 aliphatic rings. The van der Waals surface area contributed by atoms with Crippen LogP contribution in [0.2, 0.25) is 0 Å². The summed E-state index contributed by atoms with van der Waals surface area (Å²) in [7, 11) is 0. The van der Waals surface area contributed by atoms with Crippen molar-refractivity contribution in [3.05, 3.63) is 0 Å². The standard InChI is InChI=1S/C14H23NO2/c16-14(17)13-12-8-4-5-10(12)9-15(13)11-6-2-1-3-7-11/h10-13H,1-9H2,(H,16,17). The molecule has 0 radical (unpaired) electrons. The van der Waals surface area contributed by atoms with Crippen molar-refractivity contribution in [3.63, 3.8) is 0 Å². The summed E-state index contributed by atoms with van der Waals surface area (Å²) in [6, 6.07) is 0.404. The van der Waals surface area contributed by atoms with Crippen molar-refractivity contribution in [2.24, 2.45) is 11.8 Å². The van der Waals surface area contributed by atoms with E-state index in [1.807, 2.05) is 0 Å². The van der Waals surface area contributed by atoms with Crippen LogP contribution in [0.4, 0.5) is 0 Å². The van der Waals surface area contributed by atoms with Crippen molar-refractivity contribution in [3.8, 4) is 0 Å². The summed E-state index contributed by atoms with van der Waals surface area (Å²) in [5, 5.41) is 9.52. The third-order valence-corrected chi connectivity index (χ3v) is 5.22. The topological polar surface area (TPSA) is 40.5 Å². The van der Waals surface area contributed by atoms with Gasteiger partial charge in [0.1, 0.15) is 6.04 Å². The smallest absolute Gasteiger partial charge is 0.321 e. The fraction of sp³-hybridized carbons (Fsp3) is 0.929. The molecule has 0 aromatic carbocycles. The van der Waals surface area contributed by atoms with Gasteiger partial charge in [0.2, 0.25) is 0 Å². The molecule has 1 aliphatic heterocycles. The molecule has 0 bridgehead atoms. The van der Waals surface area contributed by atoms with Crippen LogP contribution < -0.4 is 0 Å². The van der Waals surface area contributed by atoms with E-state index in [0.29, 0.717) is 17.9 Å². The third-order valence-electron chi connectivity index (χ3n) is 5.22. The van der Waals surface area contributed by atoms with E-state index in [1.165, 1.54) is 44.9 Å². The Bertz CT molecular complexity index is 299. The van der Waals surface area contributed by atoms with E-state index < -0.39 is 5.97 Å². The van der Waals surface area contributed by atoms with Gasteiger partial charge in [-0.1, -0.05) is 25.7 Å². The van der Waals surface area contributed by atoms with Crippen molar-refractivity contribution in [2.45, 2.75) is 63.5 Å². The molecule has 3 nitrogen and oxygen atoms in total. The van der Waals surface area contributed by atoms with Crippen molar-refractivity contribution in [1.29, 1.82) is 0 Å². The molecule has 3 unspecified atom stereocenters. The number of carboxylic acids is 1. The van der Waals surface area contributed by atoms with Crippen LogP contribution in [0, 0.1) is 11.8 Å². The highest BCUT2D eigenvalue weighted by Gasteiger charge is 2.49. The predicted molar refractivity (Wildman–Crippen MR) is 65.8 cm³/mol. The van der Waals surface area contributed by atoms with Crippen LogP contribution in [-0.4, -0.2) is 34.6 Å². The predicted octanol–water partition coefficient (Wildman–Crippen LogP) is 2.50. The number of carbonyl (C=O) groups is 1. The monoisotopic (exact) mass is 237 g/mol. The number of hydrogen-bond acceptors (Lipinski definition) is 2. The Balaban J connectivity index is 1.76. The molecule has 3 atom stereocenters. The third kappa shape index (κ3) is 1.99. The number of likely N-dealkylation sites (tertiary alicyclic amines) is 1. The van der Waals surface area contributed by atoms with Gasteiger partial charge in [0.05, 0.1) is 0 Å². The van der Waals surface area contributed by atoms with Crippen LogP contribution >= 0.6 is 0 Å². The normalized spacial score (nSPS) is 39.4. The first kappa shape index (κ1) is 11.5. The molecule has 96 valence electrons. The maximum absolute atomic E-state index is 11.6. The van der Waals surface area contributed by atoms with Gasteiger partial charge < -0.3 is 5.11 Å². The molecular formula is C14H23NO2. The van der Waals surface area contributed by atoms with E-state index in [4.69, 9.17) is 0 Å². The van der Waals surface area contributed by atoms with Crippen LogP contribution in [-0.2, 0) is 4.79 Å². The van der Waals surface area contributed by atoms with Gasteiger partial charge in [0.25, 0.3) is 0 Å². The highest BCUT2D eigenvalue weighted by Crippen LogP contribution is 2.44. The summed E-state index contributed by atoms with van der Waals surface area (Å²) in [4.78, 5) is 13.9. The Morgan fingerprint density at radius 2 is 1.76 bits per heavy atom. The molecule has 1 saturated heterocycles. The van der Waals surface area contributed by atoms with Gasteiger partial charge in [0, 0.05) is 12.6 Å². The fourth-order valence-electron chi connectivity index (χ4n) is 4.45. The fourth-order valence-corrected chi connectivity index (χ4v) is 4.45. The van der Waals surface area contributed by atoms with Gasteiger partial charge in [-0.3, -0.25) is 9.69 Å². The molecule has 0 aromatic heterocycles. The number of hydrogen-bond donors (Lipinski definition) is 1. The largest absolute Gasteiger partial charge is 0.480 e. The zero-order chi connectivity index (χ0) is 11.8. The lowest BCUT2D eigenvalue weighted by molar-refractivity contribution is -0.144. The van der Waals surface area contributed by atoms with Crippen LogP contribution in [0.25, 0.3) is 0 Å². The highest BCUT2D eigenvalue weighted by atomic mass is 16.4. The average molecular weight is 237 g/mol. The van der Waals surface area contributed by atoms with Gasteiger partial charge in [-0.15, -0.1) is 0 Å². The molecule has 2 saturated carbocycles. The average Bonchev–Trinajstić information content (AvgIpc) is 2.88. The van der Waals surface area contributed by atoms with E-state index in [9.17, 15) is 9.90 Å². The molecule has 3 fully saturated rings. The highest BCUT2D eigenvalue weighted by molar-refractivity contribution is 5.74. The Morgan fingerprint density at radius 3 is 2.47 bits per heavy atom. The molecule has 3 rings (SSSR count). The Kier molecular flexibility index (Phi) is 3.12. The summed E-state index contributed by atoms with van der Waals surface area (Å²) in [6.07, 6.45) is 10.0. The van der Waals surface area contributed by atoms with Crippen molar-refractivity contribution >= 4 is 5.97 Å². The second-order valence-electron chi connectivity index (χ2n) is 6.13. The molecule has 1 N–H and O–H groups in total. The molecule has 3 heteroatoms. The summed E-state index contributed by atoms with van der Waals surface area (Å²) in [5.41, 5.74) is 0. The Hall–Kier alpha value is -0.570. The van der Waals surface area contributed by atoms with Gasteiger partial charge >= 0.3 is 5.97 Å². The van der Waals surface area contributed by atoms with Gasteiger partial charge in [-0.25, -0.2) is 0 Å². The zero-order valence-electron chi connectivity index (χ0n) is 10.5. The maximum Gasteiger partial charge on any atom is 0.321 e. The Morgan fingerprint density at radius 1 is 1.00 bits per heavy atom. The number of nitrogens with zero attached hydrogens (tertiary/aromatic N) is 1. The lowest BCUT2D eigenvalue weighted by atomic mass is 9.91. The minimum atomic E-state index is -0.565. The summed E-state index contributed by atoms with van der Waals surface area (Å²) >= 11 is 0. The van der Waals surface area contributed by atoms with Gasteiger partial charge in [-0.2, -0.15) is 0 Å². The summed E-state index contributed by atoms with van der Waals surface area (Å²) in [5.74, 6) is 0.567. The minimum Gasteiger partial charge on any atom is -0.480 e. The van der Waals surface area contributed by atoms with E-state index in [0.717, 1.165) is 13.0 Å². The lowest BCUT2D eigenvalue weighted by Gasteiger charge is -2.35. The molecular weight excluding hydrogens is 214 g/mol. The van der Waals surface area contributed by atoms with E-state index >= 15 is 0 Å².